The van der Waals surface area contributed by atoms with E-state index >= 15 is 0 Å². The predicted octanol–water partition coefficient (Wildman–Crippen LogP) is 2.83. The first-order chi connectivity index (χ1) is 6.15. The quantitative estimate of drug-likeness (QED) is 0.814. The molecule has 1 radical (unpaired) electrons. The van der Waals surface area contributed by atoms with Crippen molar-refractivity contribution in [2.75, 3.05) is 6.61 Å². The molecule has 0 bridgehead atoms. The number of carboxylic acid groups (broad SMARTS) is 1. The summed E-state index contributed by atoms with van der Waals surface area (Å²) in [5.74, 6) is -0.173. The third-order valence-corrected chi connectivity index (χ3v) is 0.526. The first-order valence-electron chi connectivity index (χ1n) is 4.71. The van der Waals surface area contributed by atoms with E-state index in [1.807, 2.05) is 20.8 Å². The van der Waals surface area contributed by atoms with Gasteiger partial charge in [-0.1, -0.05) is 41.5 Å². The number of hydrogen-bond acceptors (Lipinski definition) is 2. The summed E-state index contributed by atoms with van der Waals surface area (Å²) >= 11 is 0. The van der Waals surface area contributed by atoms with Gasteiger partial charge in [-0.15, -0.1) is 5.54 Å². The van der Waals surface area contributed by atoms with E-state index in [1.165, 1.54) is 0 Å². The van der Waals surface area contributed by atoms with E-state index in [4.69, 9.17) is 5.11 Å². The number of carboxylic acids is 1. The van der Waals surface area contributed by atoms with Gasteiger partial charge >= 0.3 is 5.97 Å². The van der Waals surface area contributed by atoms with E-state index in [0.29, 0.717) is 0 Å². The number of hydroxylamine groups is 1. The molecule has 0 fully saturated rings. The van der Waals surface area contributed by atoms with Gasteiger partial charge in [0, 0.05) is 32.7 Å². The van der Waals surface area contributed by atoms with Crippen molar-refractivity contribution >= 4 is 5.97 Å². The molecule has 0 rings (SSSR count). The Balaban J connectivity index is -0.000000249. The monoisotopic (exact) mass is 293 g/mol. The van der Waals surface area contributed by atoms with Gasteiger partial charge in [0.2, 0.25) is 0 Å². The molecule has 89 valence electrons. The fraction of sp³-hybridized carbons (Fsp3) is 0.900. The first-order valence-corrected chi connectivity index (χ1v) is 4.71. The molecule has 0 amide bonds. The minimum Gasteiger partial charge on any atom is -0.529 e. The molecule has 0 saturated heterocycles. The Morgan fingerprint density at radius 3 is 1.87 bits per heavy atom. The first kappa shape index (κ1) is 20.9. The molecule has 0 saturated carbocycles. The number of nitrogens with zero attached hydrogens (tertiary/aromatic N) is 1. The van der Waals surface area contributed by atoms with E-state index < -0.39 is 5.97 Å². The Morgan fingerprint density at radius 1 is 1.33 bits per heavy atom. The van der Waals surface area contributed by atoms with Gasteiger partial charge in [-0.3, -0.25) is 0 Å². The second-order valence-corrected chi connectivity index (χ2v) is 4.66. The third-order valence-electron chi connectivity index (χ3n) is 0.526. The Morgan fingerprint density at radius 2 is 1.67 bits per heavy atom. The van der Waals surface area contributed by atoms with Crippen LogP contribution < -0.4 is 0 Å². The molecule has 0 unspecified atom stereocenters. The molecule has 0 spiro atoms. The van der Waals surface area contributed by atoms with Crippen molar-refractivity contribution in [2.45, 2.75) is 47.1 Å². The van der Waals surface area contributed by atoms with Crippen molar-refractivity contribution in [1.29, 1.82) is 0 Å². The topological polar surface area (TPSA) is 60.6 Å². The van der Waals surface area contributed by atoms with Crippen LogP contribution in [0.3, 0.4) is 0 Å². The van der Waals surface area contributed by atoms with Crippen LogP contribution in [-0.4, -0.2) is 23.2 Å². The van der Waals surface area contributed by atoms with Crippen molar-refractivity contribution in [2.24, 2.45) is 5.92 Å². The van der Waals surface area contributed by atoms with Gasteiger partial charge in [-0.2, -0.15) is 0 Å². The fourth-order valence-electron chi connectivity index (χ4n) is 0.281. The van der Waals surface area contributed by atoms with Gasteiger partial charge in [-0.25, -0.2) is 4.79 Å². The molecule has 1 N–H and O–H groups in total. The number of hydrogen-bond donors (Lipinski definition) is 1. The maximum Gasteiger partial charge on any atom is 0.327 e. The third kappa shape index (κ3) is 40.3. The van der Waals surface area contributed by atoms with E-state index in [-0.39, 0.29) is 44.9 Å². The van der Waals surface area contributed by atoms with Crippen LogP contribution >= 0.6 is 0 Å². The Bertz CT molecular complexity index is 152. The van der Waals surface area contributed by atoms with Gasteiger partial charge in [0.25, 0.3) is 0 Å². The summed E-state index contributed by atoms with van der Waals surface area (Å²) in [6, 6.07) is 0. The largest absolute Gasteiger partial charge is 0.529 e. The van der Waals surface area contributed by atoms with Crippen LogP contribution in [0.4, 0.5) is 0 Å². The molecule has 0 aromatic carbocycles. The number of aliphatic carboxylic acids is 1. The molecular formula is C10H22NO3Y-. The molecule has 0 aromatic rings. The van der Waals surface area contributed by atoms with Crippen LogP contribution in [0.25, 0.3) is 5.48 Å². The van der Waals surface area contributed by atoms with Crippen molar-refractivity contribution < 1.29 is 47.4 Å². The second-order valence-electron chi connectivity index (χ2n) is 4.66. The minimum atomic E-state index is -1.01. The van der Waals surface area contributed by atoms with Gasteiger partial charge in [0.15, 0.2) is 0 Å². The van der Waals surface area contributed by atoms with E-state index in [0.717, 1.165) is 5.92 Å². The standard InChI is InChI=1S/C6H12NO3.C4H10.Y/c1-6(2,3)7-10-4-5(8)9;1-4(2)3;/h4H2,1-3H3,(H,8,9);4H,1-3H3;/q-1;;. The second kappa shape index (κ2) is 11.0. The van der Waals surface area contributed by atoms with Crippen molar-refractivity contribution in [3.05, 3.63) is 5.48 Å². The maximum absolute atomic E-state index is 9.90. The molecular weight excluding hydrogens is 271 g/mol. The van der Waals surface area contributed by atoms with Crippen molar-refractivity contribution in [3.8, 4) is 0 Å². The molecule has 0 aliphatic rings. The van der Waals surface area contributed by atoms with E-state index in [2.05, 4.69) is 31.1 Å². The summed E-state index contributed by atoms with van der Waals surface area (Å²) in [6.07, 6.45) is 0. The number of rotatable bonds is 3. The Kier molecular flexibility index (Phi) is 15.3. The molecule has 0 heterocycles. The van der Waals surface area contributed by atoms with Gasteiger partial charge in [0.05, 0.1) is 0 Å². The van der Waals surface area contributed by atoms with Crippen LogP contribution in [0.15, 0.2) is 0 Å². The number of carbonyl (C=O) groups is 1. The zero-order valence-corrected chi connectivity index (χ0v) is 13.4. The molecule has 4 nitrogen and oxygen atoms in total. The van der Waals surface area contributed by atoms with Crippen LogP contribution in [-0.2, 0) is 42.3 Å². The summed E-state index contributed by atoms with van der Waals surface area (Å²) in [4.78, 5) is 14.4. The SMILES string of the molecule is CC(C)(C)[N-]OCC(=O)O.CC(C)C.[Y]. The normalized spacial score (nSPS) is 10.1. The average molecular weight is 293 g/mol. The summed E-state index contributed by atoms with van der Waals surface area (Å²) in [7, 11) is 0. The minimum absolute atomic E-state index is 0. The van der Waals surface area contributed by atoms with Crippen molar-refractivity contribution in [3.63, 3.8) is 0 Å². The summed E-state index contributed by atoms with van der Waals surface area (Å²) in [6.45, 7) is 11.6. The van der Waals surface area contributed by atoms with E-state index in [9.17, 15) is 4.79 Å². The smallest absolute Gasteiger partial charge is 0.327 e. The fourth-order valence-corrected chi connectivity index (χ4v) is 0.281. The zero-order valence-electron chi connectivity index (χ0n) is 10.6. The molecule has 0 aliphatic carbocycles. The van der Waals surface area contributed by atoms with Crippen molar-refractivity contribution in [1.82, 2.24) is 0 Å². The van der Waals surface area contributed by atoms with Crippen LogP contribution in [0.5, 0.6) is 0 Å². The van der Waals surface area contributed by atoms with Gasteiger partial charge in [0.1, 0.15) is 6.61 Å². The Labute approximate surface area is 118 Å². The van der Waals surface area contributed by atoms with Gasteiger partial charge in [-0.05, 0) is 5.92 Å². The Hall–Kier alpha value is 0.494. The summed E-state index contributed by atoms with van der Waals surface area (Å²) in [5.41, 5.74) is 3.29. The average Bonchev–Trinajstić information content (AvgIpc) is 1.80. The zero-order chi connectivity index (χ0) is 11.8. The molecule has 5 heteroatoms. The molecule has 0 aliphatic heterocycles. The molecule has 0 atom stereocenters. The van der Waals surface area contributed by atoms with Crippen LogP contribution in [0.1, 0.15) is 41.5 Å². The van der Waals surface area contributed by atoms with Gasteiger partial charge < -0.3 is 15.4 Å². The van der Waals surface area contributed by atoms with Crippen LogP contribution in [0.2, 0.25) is 0 Å². The van der Waals surface area contributed by atoms with E-state index in [1.54, 1.807) is 0 Å². The molecule has 15 heavy (non-hydrogen) atoms. The van der Waals surface area contributed by atoms with Crippen LogP contribution in [0, 0.1) is 5.92 Å². The summed E-state index contributed by atoms with van der Waals surface area (Å²) in [5, 5.41) is 8.13. The predicted molar refractivity (Wildman–Crippen MR) is 57.2 cm³/mol. The molecule has 0 aromatic heterocycles. The maximum atomic E-state index is 9.90. The summed E-state index contributed by atoms with van der Waals surface area (Å²) < 4.78 is 0.